The Morgan fingerprint density at radius 3 is 2.33 bits per heavy atom. The molecule has 0 unspecified atom stereocenters. The molecule has 0 amide bonds. The van der Waals surface area contributed by atoms with Crippen molar-refractivity contribution < 1.29 is 14.6 Å². The molecule has 1 heterocycles. The number of hydrogen-bond donors (Lipinski definition) is 1. The van der Waals surface area contributed by atoms with Crippen LogP contribution in [0.15, 0.2) is 48.5 Å². The second-order valence-electron chi connectivity index (χ2n) is 5.89. The van der Waals surface area contributed by atoms with E-state index in [-0.39, 0.29) is 5.69 Å². The van der Waals surface area contributed by atoms with Crippen LogP contribution in [0.1, 0.15) is 27.3 Å². The van der Waals surface area contributed by atoms with Gasteiger partial charge in [0.25, 0.3) is 0 Å². The molecule has 0 atom stereocenters. The van der Waals surface area contributed by atoms with Crippen LogP contribution in [0.3, 0.4) is 0 Å². The standard InChI is InChI=1S/C21H15N3O3/c1-13-17(12-23)19(20(21(25)26)24(13)2)14-7-9-16(10-8-14)27-18-6-4-3-5-15(18)11-22/h3-10H,1-2H3,(H,25,26). The fourth-order valence-corrected chi connectivity index (χ4v) is 2.94. The van der Waals surface area contributed by atoms with Crippen molar-refractivity contribution >= 4 is 5.97 Å². The van der Waals surface area contributed by atoms with Gasteiger partial charge in [0.1, 0.15) is 29.3 Å². The number of benzene rings is 2. The number of rotatable bonds is 4. The number of carbonyl (C=O) groups is 1. The summed E-state index contributed by atoms with van der Waals surface area (Å²) in [7, 11) is 1.62. The van der Waals surface area contributed by atoms with E-state index in [1.807, 2.05) is 0 Å². The number of carboxylic acids is 1. The van der Waals surface area contributed by atoms with E-state index in [9.17, 15) is 15.2 Å². The van der Waals surface area contributed by atoms with Crippen LogP contribution in [0.2, 0.25) is 0 Å². The maximum Gasteiger partial charge on any atom is 0.353 e. The molecular formula is C21H15N3O3. The molecule has 0 aliphatic heterocycles. The van der Waals surface area contributed by atoms with Crippen molar-refractivity contribution in [2.45, 2.75) is 6.92 Å². The van der Waals surface area contributed by atoms with Crippen LogP contribution in [-0.4, -0.2) is 15.6 Å². The first-order chi connectivity index (χ1) is 13.0. The number of carboxylic acid groups (broad SMARTS) is 1. The molecule has 1 aromatic heterocycles. The first-order valence-corrected chi connectivity index (χ1v) is 8.08. The molecule has 0 aliphatic rings. The highest BCUT2D eigenvalue weighted by molar-refractivity contribution is 5.97. The van der Waals surface area contributed by atoms with Crippen molar-refractivity contribution in [2.24, 2.45) is 7.05 Å². The molecule has 1 N–H and O–H groups in total. The minimum atomic E-state index is -1.10. The lowest BCUT2D eigenvalue weighted by Gasteiger charge is -2.09. The summed E-state index contributed by atoms with van der Waals surface area (Å²) in [6.07, 6.45) is 0. The quantitative estimate of drug-likeness (QED) is 0.753. The normalized spacial score (nSPS) is 10.1. The van der Waals surface area contributed by atoms with E-state index in [0.29, 0.717) is 39.4 Å². The molecule has 0 saturated carbocycles. The predicted molar refractivity (Wildman–Crippen MR) is 98.5 cm³/mol. The van der Waals surface area contributed by atoms with E-state index in [1.54, 1.807) is 62.5 Å². The maximum atomic E-state index is 11.7. The largest absolute Gasteiger partial charge is 0.477 e. The van der Waals surface area contributed by atoms with Gasteiger partial charge < -0.3 is 14.4 Å². The van der Waals surface area contributed by atoms with Gasteiger partial charge in [0.2, 0.25) is 0 Å². The molecule has 0 saturated heterocycles. The van der Waals surface area contributed by atoms with Gasteiger partial charge in [0.05, 0.1) is 11.1 Å². The zero-order valence-electron chi connectivity index (χ0n) is 14.7. The Balaban J connectivity index is 2.02. The Bertz CT molecular complexity index is 1110. The highest BCUT2D eigenvalue weighted by Gasteiger charge is 2.24. The monoisotopic (exact) mass is 357 g/mol. The van der Waals surface area contributed by atoms with Crippen LogP contribution in [0.5, 0.6) is 11.5 Å². The molecule has 2 aromatic carbocycles. The van der Waals surface area contributed by atoms with Crippen LogP contribution < -0.4 is 4.74 Å². The second-order valence-corrected chi connectivity index (χ2v) is 5.89. The summed E-state index contributed by atoms with van der Waals surface area (Å²) in [6, 6.07) is 17.8. The molecule has 0 aliphatic carbocycles. The Morgan fingerprint density at radius 2 is 1.74 bits per heavy atom. The fraction of sp³-hybridized carbons (Fsp3) is 0.0952. The summed E-state index contributed by atoms with van der Waals surface area (Å²) in [4.78, 5) is 11.7. The first-order valence-electron chi connectivity index (χ1n) is 8.08. The van der Waals surface area contributed by atoms with Gasteiger partial charge in [-0.15, -0.1) is 0 Å². The lowest BCUT2D eigenvalue weighted by atomic mass is 10.0. The van der Waals surface area contributed by atoms with E-state index in [0.717, 1.165) is 0 Å². The number of hydrogen-bond acceptors (Lipinski definition) is 4. The molecule has 27 heavy (non-hydrogen) atoms. The number of para-hydroxylation sites is 1. The van der Waals surface area contributed by atoms with Gasteiger partial charge >= 0.3 is 5.97 Å². The molecule has 6 nitrogen and oxygen atoms in total. The molecule has 0 fully saturated rings. The summed E-state index contributed by atoms with van der Waals surface area (Å²) in [6.45, 7) is 1.71. The lowest BCUT2D eigenvalue weighted by molar-refractivity contribution is 0.0687. The number of ether oxygens (including phenoxy) is 1. The van der Waals surface area contributed by atoms with Crippen molar-refractivity contribution in [3.05, 3.63) is 71.0 Å². The summed E-state index contributed by atoms with van der Waals surface area (Å²) in [5.74, 6) is -0.155. The number of nitrogens with zero attached hydrogens (tertiary/aromatic N) is 3. The topological polar surface area (TPSA) is 99.0 Å². The zero-order valence-corrected chi connectivity index (χ0v) is 14.7. The minimum absolute atomic E-state index is 0.0625. The van der Waals surface area contributed by atoms with Gasteiger partial charge in [-0.1, -0.05) is 24.3 Å². The van der Waals surface area contributed by atoms with Crippen molar-refractivity contribution in [1.82, 2.24) is 4.57 Å². The molecule has 3 rings (SSSR count). The van der Waals surface area contributed by atoms with E-state index in [1.165, 1.54) is 4.57 Å². The third-order valence-electron chi connectivity index (χ3n) is 4.38. The van der Waals surface area contributed by atoms with Crippen LogP contribution >= 0.6 is 0 Å². The summed E-state index contributed by atoms with van der Waals surface area (Å²) >= 11 is 0. The Morgan fingerprint density at radius 1 is 1.07 bits per heavy atom. The molecule has 132 valence electrons. The van der Waals surface area contributed by atoms with Gasteiger partial charge in [-0.25, -0.2) is 4.79 Å². The average Bonchev–Trinajstić information content (AvgIpc) is 2.93. The van der Waals surface area contributed by atoms with Crippen molar-refractivity contribution in [1.29, 1.82) is 10.5 Å². The van der Waals surface area contributed by atoms with Gasteiger partial charge in [-0.05, 0) is 36.8 Å². The van der Waals surface area contributed by atoms with Crippen LogP contribution in [0, 0.1) is 29.6 Å². The number of nitriles is 2. The van der Waals surface area contributed by atoms with Gasteiger partial charge in [-0.3, -0.25) is 0 Å². The third kappa shape index (κ3) is 3.12. The van der Waals surface area contributed by atoms with Crippen LogP contribution in [0.25, 0.3) is 11.1 Å². The Hall–Kier alpha value is -4.03. The molecule has 0 radical (unpaired) electrons. The van der Waals surface area contributed by atoms with Crippen LogP contribution in [-0.2, 0) is 7.05 Å². The second kappa shape index (κ2) is 7.07. The van der Waals surface area contributed by atoms with Crippen molar-refractivity contribution in [3.63, 3.8) is 0 Å². The summed E-state index contributed by atoms with van der Waals surface area (Å²) in [5.41, 5.74) is 2.39. The fourth-order valence-electron chi connectivity index (χ4n) is 2.94. The van der Waals surface area contributed by atoms with Gasteiger partial charge in [0, 0.05) is 18.3 Å². The molecule has 3 aromatic rings. The van der Waals surface area contributed by atoms with Crippen molar-refractivity contribution in [3.8, 4) is 34.8 Å². The summed E-state index contributed by atoms with van der Waals surface area (Å²) in [5, 5.41) is 28.2. The smallest absolute Gasteiger partial charge is 0.353 e. The maximum absolute atomic E-state index is 11.7. The number of aromatic nitrogens is 1. The van der Waals surface area contributed by atoms with Crippen molar-refractivity contribution in [2.75, 3.05) is 0 Å². The highest BCUT2D eigenvalue weighted by Crippen LogP contribution is 2.34. The summed E-state index contributed by atoms with van der Waals surface area (Å²) < 4.78 is 7.25. The lowest BCUT2D eigenvalue weighted by Crippen LogP contribution is -2.06. The van der Waals surface area contributed by atoms with Crippen LogP contribution in [0.4, 0.5) is 0 Å². The zero-order chi connectivity index (χ0) is 19.6. The van der Waals surface area contributed by atoms with E-state index in [4.69, 9.17) is 10.00 Å². The first kappa shape index (κ1) is 17.8. The Labute approximate surface area is 156 Å². The van der Waals surface area contributed by atoms with E-state index in [2.05, 4.69) is 12.1 Å². The minimum Gasteiger partial charge on any atom is -0.477 e. The molecular weight excluding hydrogens is 342 g/mol. The average molecular weight is 357 g/mol. The third-order valence-corrected chi connectivity index (χ3v) is 4.38. The Kier molecular flexibility index (Phi) is 4.66. The molecule has 6 heteroatoms. The number of aromatic carboxylic acids is 1. The van der Waals surface area contributed by atoms with Gasteiger partial charge in [-0.2, -0.15) is 10.5 Å². The SMILES string of the molecule is Cc1c(C#N)c(-c2ccc(Oc3ccccc3C#N)cc2)c(C(=O)O)n1C. The predicted octanol–water partition coefficient (Wildman–Crippen LogP) is 4.23. The van der Waals surface area contributed by atoms with Gasteiger partial charge in [0.15, 0.2) is 0 Å². The highest BCUT2D eigenvalue weighted by atomic mass is 16.5. The van der Waals surface area contributed by atoms with E-state index >= 15 is 0 Å². The molecule has 0 bridgehead atoms. The molecule has 0 spiro atoms. The van der Waals surface area contributed by atoms with E-state index < -0.39 is 5.97 Å².